The lowest BCUT2D eigenvalue weighted by atomic mass is 10.1. The number of ether oxygens (including phenoxy) is 1. The summed E-state index contributed by atoms with van der Waals surface area (Å²) in [5, 5.41) is 3.06. The highest BCUT2D eigenvalue weighted by Crippen LogP contribution is 2.23. The fourth-order valence-corrected chi connectivity index (χ4v) is 1.43. The van der Waals surface area contributed by atoms with Gasteiger partial charge in [0, 0.05) is 0 Å². The molecule has 0 fully saturated rings. The molecule has 0 spiro atoms. The number of carbonyl (C=O) groups excluding carboxylic acids is 1. The highest BCUT2D eigenvalue weighted by Gasteiger charge is 2.15. The lowest BCUT2D eigenvalue weighted by molar-refractivity contribution is -0.143. The molecule has 0 saturated carbocycles. The van der Waals surface area contributed by atoms with Crippen LogP contribution in [0.15, 0.2) is 18.2 Å². The maximum absolute atomic E-state index is 11.4. The van der Waals surface area contributed by atoms with Crippen LogP contribution >= 0.6 is 0 Å². The van der Waals surface area contributed by atoms with Gasteiger partial charge in [-0.1, -0.05) is 12.1 Å². The van der Waals surface area contributed by atoms with E-state index in [-0.39, 0.29) is 5.97 Å². The Morgan fingerprint density at radius 2 is 2.25 bits per heavy atom. The monoisotopic (exact) mass is 222 g/mol. The summed E-state index contributed by atoms with van der Waals surface area (Å²) >= 11 is 0. The Morgan fingerprint density at radius 1 is 1.56 bits per heavy atom. The summed E-state index contributed by atoms with van der Waals surface area (Å²) in [6.45, 7) is 5.86. The van der Waals surface area contributed by atoms with E-state index in [1.165, 1.54) is 0 Å². The third-order valence-electron chi connectivity index (χ3n) is 2.31. The van der Waals surface area contributed by atoms with Gasteiger partial charge < -0.3 is 15.8 Å². The zero-order valence-corrected chi connectivity index (χ0v) is 9.91. The topological polar surface area (TPSA) is 64.3 Å². The standard InChI is InChI=1S/C12H18N2O2/c1-4-16-12(15)9(3)14-11-8(2)6-5-7-10(11)13/h5-7,9,14H,4,13H2,1-3H3. The normalized spacial score (nSPS) is 11.9. The van der Waals surface area contributed by atoms with Crippen molar-refractivity contribution in [1.29, 1.82) is 0 Å². The van der Waals surface area contributed by atoms with Crippen LogP contribution in [-0.4, -0.2) is 18.6 Å². The Kier molecular flexibility index (Phi) is 4.17. The maximum atomic E-state index is 11.4. The first-order chi connectivity index (χ1) is 7.56. The van der Waals surface area contributed by atoms with Crippen LogP contribution in [0.4, 0.5) is 11.4 Å². The SMILES string of the molecule is CCOC(=O)C(C)Nc1c(C)cccc1N. The molecule has 1 unspecified atom stereocenters. The van der Waals surface area contributed by atoms with E-state index in [2.05, 4.69) is 5.32 Å². The number of nitrogens with two attached hydrogens (primary N) is 1. The van der Waals surface area contributed by atoms with E-state index in [1.807, 2.05) is 19.1 Å². The molecule has 4 heteroatoms. The van der Waals surface area contributed by atoms with Crippen LogP contribution < -0.4 is 11.1 Å². The molecule has 3 N–H and O–H groups in total. The van der Waals surface area contributed by atoms with Crippen molar-refractivity contribution < 1.29 is 9.53 Å². The number of esters is 1. The quantitative estimate of drug-likeness (QED) is 0.603. The second-order valence-electron chi connectivity index (χ2n) is 3.66. The second kappa shape index (κ2) is 5.39. The third kappa shape index (κ3) is 2.89. The minimum atomic E-state index is -0.400. The predicted molar refractivity (Wildman–Crippen MR) is 65.3 cm³/mol. The fraction of sp³-hybridized carbons (Fsp3) is 0.417. The molecule has 0 bridgehead atoms. The summed E-state index contributed by atoms with van der Waals surface area (Å²) in [5.41, 5.74) is 8.27. The molecule has 1 rings (SSSR count). The molecule has 1 atom stereocenters. The molecule has 0 aliphatic rings. The first-order valence-corrected chi connectivity index (χ1v) is 5.34. The highest BCUT2D eigenvalue weighted by atomic mass is 16.5. The molecule has 4 nitrogen and oxygen atoms in total. The number of benzene rings is 1. The summed E-state index contributed by atoms with van der Waals surface area (Å²) in [6, 6.07) is 5.22. The average Bonchev–Trinajstić information content (AvgIpc) is 2.23. The maximum Gasteiger partial charge on any atom is 0.328 e. The van der Waals surface area contributed by atoms with Crippen molar-refractivity contribution in [2.75, 3.05) is 17.7 Å². The minimum Gasteiger partial charge on any atom is -0.464 e. The van der Waals surface area contributed by atoms with Gasteiger partial charge >= 0.3 is 5.97 Å². The zero-order chi connectivity index (χ0) is 12.1. The van der Waals surface area contributed by atoms with E-state index >= 15 is 0 Å². The summed E-state index contributed by atoms with van der Waals surface area (Å²) < 4.78 is 4.91. The molecular weight excluding hydrogens is 204 g/mol. The number of nitrogen functional groups attached to an aromatic ring is 1. The molecule has 88 valence electrons. The van der Waals surface area contributed by atoms with E-state index in [4.69, 9.17) is 10.5 Å². The van der Waals surface area contributed by atoms with E-state index in [0.717, 1.165) is 11.3 Å². The van der Waals surface area contributed by atoms with E-state index in [9.17, 15) is 4.79 Å². The van der Waals surface area contributed by atoms with Gasteiger partial charge in [0.15, 0.2) is 0 Å². The van der Waals surface area contributed by atoms with Crippen molar-refractivity contribution in [3.05, 3.63) is 23.8 Å². The molecule has 1 aromatic carbocycles. The van der Waals surface area contributed by atoms with E-state index in [0.29, 0.717) is 12.3 Å². The molecule has 0 heterocycles. The molecule has 0 radical (unpaired) electrons. The molecule has 1 aromatic rings. The van der Waals surface area contributed by atoms with Crippen molar-refractivity contribution >= 4 is 17.3 Å². The van der Waals surface area contributed by atoms with Gasteiger partial charge in [0.1, 0.15) is 6.04 Å². The third-order valence-corrected chi connectivity index (χ3v) is 2.31. The van der Waals surface area contributed by atoms with Crippen LogP contribution in [0.25, 0.3) is 0 Å². The minimum absolute atomic E-state index is 0.273. The number of hydrogen-bond acceptors (Lipinski definition) is 4. The van der Waals surface area contributed by atoms with Gasteiger partial charge in [0.05, 0.1) is 18.0 Å². The van der Waals surface area contributed by atoms with E-state index < -0.39 is 6.04 Å². The number of aryl methyl sites for hydroxylation is 1. The van der Waals surface area contributed by atoms with E-state index in [1.54, 1.807) is 19.9 Å². The van der Waals surface area contributed by atoms with Gasteiger partial charge in [0.2, 0.25) is 0 Å². The van der Waals surface area contributed by atoms with Crippen molar-refractivity contribution in [1.82, 2.24) is 0 Å². The number of hydrogen-bond donors (Lipinski definition) is 2. The summed E-state index contributed by atoms with van der Waals surface area (Å²) in [5.74, 6) is -0.273. The predicted octanol–water partition coefficient (Wildman–Crippen LogP) is 1.94. The Balaban J connectivity index is 2.76. The van der Waals surface area contributed by atoms with Gasteiger partial charge in [-0.2, -0.15) is 0 Å². The van der Waals surface area contributed by atoms with Gasteiger partial charge in [-0.05, 0) is 32.4 Å². The van der Waals surface area contributed by atoms with Crippen molar-refractivity contribution in [3.8, 4) is 0 Å². The number of carbonyl (C=O) groups is 1. The fourth-order valence-electron chi connectivity index (χ4n) is 1.43. The molecule has 16 heavy (non-hydrogen) atoms. The number of rotatable bonds is 4. The van der Waals surface area contributed by atoms with Gasteiger partial charge in [0.25, 0.3) is 0 Å². The summed E-state index contributed by atoms with van der Waals surface area (Å²) in [6.07, 6.45) is 0. The molecule has 0 saturated heterocycles. The van der Waals surface area contributed by atoms with Gasteiger partial charge in [-0.25, -0.2) is 4.79 Å². The lowest BCUT2D eigenvalue weighted by Crippen LogP contribution is -2.28. The molecule has 0 amide bonds. The Morgan fingerprint density at radius 3 is 2.81 bits per heavy atom. The molecular formula is C12H18N2O2. The Labute approximate surface area is 95.8 Å². The first-order valence-electron chi connectivity index (χ1n) is 5.34. The van der Waals surface area contributed by atoms with Gasteiger partial charge in [-0.15, -0.1) is 0 Å². The van der Waals surface area contributed by atoms with Crippen molar-refractivity contribution in [2.45, 2.75) is 26.8 Å². The first kappa shape index (κ1) is 12.4. The highest BCUT2D eigenvalue weighted by molar-refractivity contribution is 5.81. The van der Waals surface area contributed by atoms with Crippen LogP contribution in [0, 0.1) is 6.92 Å². The van der Waals surface area contributed by atoms with Gasteiger partial charge in [-0.3, -0.25) is 0 Å². The summed E-state index contributed by atoms with van der Waals surface area (Å²) in [7, 11) is 0. The Bertz CT molecular complexity index is 357. The van der Waals surface area contributed by atoms with Crippen LogP contribution in [0.1, 0.15) is 19.4 Å². The Hall–Kier alpha value is -1.71. The number of para-hydroxylation sites is 1. The summed E-state index contributed by atoms with van der Waals surface area (Å²) in [4.78, 5) is 11.4. The zero-order valence-electron chi connectivity index (χ0n) is 9.91. The van der Waals surface area contributed by atoms with Crippen LogP contribution in [0.5, 0.6) is 0 Å². The molecule has 0 aliphatic heterocycles. The van der Waals surface area contributed by atoms with Crippen LogP contribution in [0.2, 0.25) is 0 Å². The molecule has 0 aromatic heterocycles. The second-order valence-corrected chi connectivity index (χ2v) is 3.66. The number of nitrogens with one attached hydrogen (secondary N) is 1. The smallest absolute Gasteiger partial charge is 0.328 e. The van der Waals surface area contributed by atoms with Crippen LogP contribution in [0.3, 0.4) is 0 Å². The van der Waals surface area contributed by atoms with Crippen LogP contribution in [-0.2, 0) is 9.53 Å². The van der Waals surface area contributed by atoms with Crippen molar-refractivity contribution in [2.24, 2.45) is 0 Å². The average molecular weight is 222 g/mol. The lowest BCUT2D eigenvalue weighted by Gasteiger charge is -2.17. The largest absolute Gasteiger partial charge is 0.464 e. The van der Waals surface area contributed by atoms with Crippen molar-refractivity contribution in [3.63, 3.8) is 0 Å². The molecule has 0 aliphatic carbocycles. The number of anilines is 2.